The second kappa shape index (κ2) is 38.8. The van der Waals surface area contributed by atoms with Crippen molar-refractivity contribution >= 4 is 23.6 Å². The second-order valence-electron chi connectivity index (χ2n) is 27.7. The predicted molar refractivity (Wildman–Crippen MR) is 336 cm³/mol. The van der Waals surface area contributed by atoms with Gasteiger partial charge in [-0.1, -0.05) is 0 Å². The average Bonchev–Trinajstić information content (AvgIpc) is 0.767. The highest BCUT2D eigenvalue weighted by atomic mass is 16.8. The highest BCUT2D eigenvalue weighted by Crippen LogP contribution is 2.40. The topological polar surface area (TPSA) is 739 Å². The normalized spacial score (nSPS) is 49.2. The molecule has 109 heavy (non-hydrogen) atoms. The molecular formula is C61H102N4O44. The molecule has 9 rings (SSSR count). The lowest BCUT2D eigenvalue weighted by Crippen LogP contribution is -2.71. The van der Waals surface area contributed by atoms with E-state index in [1.165, 1.54) is 6.92 Å². The summed E-state index contributed by atoms with van der Waals surface area (Å²) in [6.45, 7) is -3.25. The number of nitrogens with one attached hydrogen (secondary N) is 4. The van der Waals surface area contributed by atoms with Gasteiger partial charge in [-0.15, -0.1) is 0 Å². The Balaban J connectivity index is 1.07. The zero-order valence-corrected chi connectivity index (χ0v) is 58.9. The summed E-state index contributed by atoms with van der Waals surface area (Å²) < 4.78 is 102. The zero-order valence-electron chi connectivity index (χ0n) is 58.9. The van der Waals surface area contributed by atoms with Gasteiger partial charge < -0.3 is 219 Å². The second-order valence-corrected chi connectivity index (χ2v) is 27.7. The number of hydrogen-bond acceptors (Lipinski definition) is 44. The van der Waals surface area contributed by atoms with Gasteiger partial charge in [0.15, 0.2) is 56.6 Å². The van der Waals surface area contributed by atoms with Crippen LogP contribution in [-0.2, 0) is 99.7 Å². The Morgan fingerprint density at radius 2 is 0.642 bits per heavy atom. The highest BCUT2D eigenvalue weighted by Gasteiger charge is 2.61. The molecule has 630 valence electrons. The van der Waals surface area contributed by atoms with Crippen molar-refractivity contribution in [2.75, 3.05) is 52.9 Å². The molecule has 0 unspecified atom stereocenters. The first kappa shape index (κ1) is 89.2. The molecule has 0 aromatic heterocycles. The minimum atomic E-state index is -2.47. The van der Waals surface area contributed by atoms with Gasteiger partial charge in [-0.3, -0.25) is 19.2 Å². The molecule has 48 heteroatoms. The lowest BCUT2D eigenvalue weighted by atomic mass is 9.93. The average molecular weight is 1600 g/mol. The summed E-state index contributed by atoms with van der Waals surface area (Å²) in [5, 5.41) is 266. The van der Waals surface area contributed by atoms with Gasteiger partial charge in [0.25, 0.3) is 0 Å². The third kappa shape index (κ3) is 19.9. The fourth-order valence-electron chi connectivity index (χ4n) is 14.1. The van der Waals surface area contributed by atoms with Crippen molar-refractivity contribution in [1.29, 1.82) is 0 Å². The number of carbonyl (C=O) groups is 4. The molecule has 0 bridgehead atoms. The van der Waals surface area contributed by atoms with E-state index < -0.39 is 346 Å². The molecule has 27 N–H and O–H groups in total. The summed E-state index contributed by atoms with van der Waals surface area (Å²) in [7, 11) is 0. The van der Waals surface area contributed by atoms with Crippen molar-refractivity contribution in [1.82, 2.24) is 21.3 Å². The van der Waals surface area contributed by atoms with Crippen molar-refractivity contribution < 1.29 is 217 Å². The molecule has 9 fully saturated rings. The van der Waals surface area contributed by atoms with Crippen LogP contribution < -0.4 is 21.3 Å². The Morgan fingerprint density at radius 3 is 1.13 bits per heavy atom. The van der Waals surface area contributed by atoms with Crippen LogP contribution in [-0.4, -0.2) is 464 Å². The molecule has 44 atom stereocenters. The van der Waals surface area contributed by atoms with Gasteiger partial charge in [-0.25, -0.2) is 0 Å². The fraction of sp³-hybridized carbons (Fsp3) is 0.934. The van der Waals surface area contributed by atoms with Crippen LogP contribution in [0.25, 0.3) is 0 Å². The number of amides is 4. The maximum absolute atomic E-state index is 13.3. The van der Waals surface area contributed by atoms with Gasteiger partial charge in [0.2, 0.25) is 23.6 Å². The van der Waals surface area contributed by atoms with E-state index in [1.54, 1.807) is 0 Å². The Kier molecular flexibility index (Phi) is 31.8. The van der Waals surface area contributed by atoms with Crippen LogP contribution in [0.1, 0.15) is 34.6 Å². The largest absolute Gasteiger partial charge is 0.394 e. The monoisotopic (exact) mass is 1590 g/mol. The van der Waals surface area contributed by atoms with Crippen LogP contribution >= 0.6 is 0 Å². The van der Waals surface area contributed by atoms with Crippen LogP contribution in [0, 0.1) is 0 Å². The van der Waals surface area contributed by atoms with E-state index in [2.05, 4.69) is 21.3 Å². The predicted octanol–water partition coefficient (Wildman–Crippen LogP) is -18.4. The summed E-state index contributed by atoms with van der Waals surface area (Å²) in [6, 6.07) is -7.10. The molecule has 4 amide bonds. The number of hydrogen-bond donors (Lipinski definition) is 27. The Bertz CT molecular complexity index is 2890. The molecule has 0 aliphatic carbocycles. The lowest BCUT2D eigenvalue weighted by Gasteiger charge is -2.52. The molecule has 9 aliphatic rings. The zero-order chi connectivity index (χ0) is 80.2. The molecule has 9 aliphatic heterocycles. The molecule has 9 heterocycles. The summed E-state index contributed by atoms with van der Waals surface area (Å²) >= 11 is 0. The Labute approximate surface area is 618 Å². The number of aliphatic hydroxyl groups excluding tert-OH is 23. The number of aliphatic hydroxyl groups is 23. The molecule has 0 radical (unpaired) electrons. The molecule has 0 spiro atoms. The number of carbonyl (C=O) groups excluding carboxylic acids is 4. The summed E-state index contributed by atoms with van der Waals surface area (Å²) in [4.78, 5) is 50.6. The Morgan fingerprint density at radius 1 is 0.294 bits per heavy atom. The molecular weight excluding hydrogens is 1490 g/mol. The SMILES string of the molecule is CC(=O)N[C@@H]1[C@@H](O[C@@H]2O[C@@H](C)[C@@H](O)[C@@H](O)[C@@H]2O)[C@H](O[C@@H]2O[C@H](CO)[C@@H](O[C@@H]3O[C@H](CO[C@H]4O[C@H](CO)[C@@H](O[C@@H]5O[C@H](CO)[C@@H](O)[C@H](O)[C@H]5NC(C)=O)[C@H](O)[C@@H]4O)[C@@H](O)[C@H](O[C@H]4O[C@H](CO)[C@@H](O[C@@H]5O[C@H](CO)[C@@H](O)[C@H](O)[C@H]5NC(C)=O)[C@H](O)[C@@H]4O)[C@@H]3O[C@@H]3OC[C@@H](O)[C@H](O)[C@H]3O)[C@H](O)[C@H]2NC(C)=O)[C@@H](CO)O[C@H]1O. The van der Waals surface area contributed by atoms with Crippen LogP contribution in [0.5, 0.6) is 0 Å². The van der Waals surface area contributed by atoms with E-state index in [9.17, 15) is 137 Å². The van der Waals surface area contributed by atoms with E-state index in [0.717, 1.165) is 27.7 Å². The fourth-order valence-corrected chi connectivity index (χ4v) is 14.1. The van der Waals surface area contributed by atoms with E-state index in [-0.39, 0.29) is 0 Å². The maximum Gasteiger partial charge on any atom is 0.217 e. The summed E-state index contributed by atoms with van der Waals surface area (Å²) in [6.07, 6.45) is -81.4. The van der Waals surface area contributed by atoms with E-state index in [1.807, 2.05) is 0 Å². The van der Waals surface area contributed by atoms with Crippen molar-refractivity contribution in [3.8, 4) is 0 Å². The van der Waals surface area contributed by atoms with Gasteiger partial charge in [-0.05, 0) is 6.92 Å². The minimum absolute atomic E-state index is 0.793. The third-order valence-electron chi connectivity index (χ3n) is 19.9. The van der Waals surface area contributed by atoms with Crippen molar-refractivity contribution in [2.24, 2.45) is 0 Å². The van der Waals surface area contributed by atoms with Gasteiger partial charge >= 0.3 is 0 Å². The molecule has 9 saturated heterocycles. The molecule has 0 saturated carbocycles. The van der Waals surface area contributed by atoms with Gasteiger partial charge in [0.05, 0.1) is 59.0 Å². The van der Waals surface area contributed by atoms with Crippen molar-refractivity contribution in [2.45, 2.75) is 305 Å². The van der Waals surface area contributed by atoms with Gasteiger partial charge in [-0.2, -0.15) is 0 Å². The van der Waals surface area contributed by atoms with Gasteiger partial charge in [0, 0.05) is 27.7 Å². The van der Waals surface area contributed by atoms with E-state index >= 15 is 0 Å². The van der Waals surface area contributed by atoms with Gasteiger partial charge in [0.1, 0.15) is 207 Å². The molecule has 48 nitrogen and oxygen atoms in total. The summed E-state index contributed by atoms with van der Waals surface area (Å²) in [5.74, 6) is -3.44. The van der Waals surface area contributed by atoms with E-state index in [4.69, 9.17) is 80.5 Å². The number of ether oxygens (including phenoxy) is 17. The first-order valence-electron chi connectivity index (χ1n) is 34.9. The smallest absolute Gasteiger partial charge is 0.217 e. The van der Waals surface area contributed by atoms with E-state index in [0.29, 0.717) is 0 Å². The maximum atomic E-state index is 13.3. The van der Waals surface area contributed by atoms with Crippen LogP contribution in [0.2, 0.25) is 0 Å². The third-order valence-corrected chi connectivity index (χ3v) is 19.9. The minimum Gasteiger partial charge on any atom is -0.394 e. The lowest BCUT2D eigenvalue weighted by molar-refractivity contribution is -0.408. The quantitative estimate of drug-likeness (QED) is 0.0363. The van der Waals surface area contributed by atoms with Crippen LogP contribution in [0.3, 0.4) is 0 Å². The Hall–Kier alpha value is -3.72. The van der Waals surface area contributed by atoms with Crippen LogP contribution in [0.4, 0.5) is 0 Å². The van der Waals surface area contributed by atoms with Crippen LogP contribution in [0.15, 0.2) is 0 Å². The highest BCUT2D eigenvalue weighted by molar-refractivity contribution is 5.74. The first-order chi connectivity index (χ1) is 51.5. The number of rotatable bonds is 27. The van der Waals surface area contributed by atoms with Crippen molar-refractivity contribution in [3.05, 3.63) is 0 Å². The standard InChI is InChI=1S/C61H102N4O44/c1-14-31(77)39(85)43(89)59(95-14)107-50-30(65-18(5)75)53(92)96-25(11-71)49(50)106-56-29(64-17(4)74)38(84)46(22(8-68)99-56)105-61-52(109-58-42(88)32(78)19(76)12-93-58)51(108-60-45(91)41(87)48(24(10-70)101-60)104-55-28(63-16(3)73)37(83)34(80)21(7-67)98-55)35(81)26(102-61)13-94-57-44(90)40(86)47(23(9-69)100-57)103-54-27(62-15(2)72)36(82)33(79)20(6-66)97-54/h14,19-61,66-71,76-92H,6-13H2,1-5H3,(H,62,72)(H,63,73)(H,64,74)(H,65,75)/t14-,19+,20+,21+,22+,23+,24+,25+,26+,27+,28+,29+,30+,31+,32-,33+,34+,35+,36+,37+,38+,39+,40+,41+,42+,43-,44-,45-,46+,47+,48+,49+,50+,51-,52-,53+,54-,55-,56-,57-,58-,59-,60+,61-/m0/s1. The van der Waals surface area contributed by atoms with Crippen molar-refractivity contribution in [3.63, 3.8) is 0 Å². The summed E-state index contributed by atoms with van der Waals surface area (Å²) in [5.41, 5.74) is 0. The first-order valence-corrected chi connectivity index (χ1v) is 34.9. The molecule has 0 aromatic rings. The molecule has 0 aromatic carbocycles.